The van der Waals surface area contributed by atoms with E-state index < -0.39 is 0 Å². The predicted octanol–water partition coefficient (Wildman–Crippen LogP) is 4.10. The fourth-order valence-corrected chi connectivity index (χ4v) is 3.49. The van der Waals surface area contributed by atoms with Gasteiger partial charge in [0.1, 0.15) is 0 Å². The maximum Gasteiger partial charge on any atom is 0.334 e. The fraction of sp³-hybridized carbons (Fsp3) is 0.812. The number of rotatable bonds is 2. The molecule has 0 N–H and O–H groups in total. The summed E-state index contributed by atoms with van der Waals surface area (Å²) in [6, 6.07) is 0. The van der Waals surface area contributed by atoms with Gasteiger partial charge in [-0.3, -0.25) is 0 Å². The van der Waals surface area contributed by atoms with E-state index in [4.69, 9.17) is 4.74 Å². The topological polar surface area (TPSA) is 26.3 Å². The molecular formula is C16H26O2. The summed E-state index contributed by atoms with van der Waals surface area (Å²) >= 11 is 0. The highest BCUT2D eigenvalue weighted by Crippen LogP contribution is 2.45. The molecule has 0 amide bonds. The second-order valence-corrected chi connectivity index (χ2v) is 6.47. The van der Waals surface area contributed by atoms with E-state index in [1.165, 1.54) is 18.4 Å². The maximum absolute atomic E-state index is 12.2. The highest BCUT2D eigenvalue weighted by molar-refractivity contribution is 5.89. The van der Waals surface area contributed by atoms with Gasteiger partial charge in [-0.05, 0) is 63.7 Å². The van der Waals surface area contributed by atoms with Gasteiger partial charge in [0.05, 0.1) is 6.10 Å². The van der Waals surface area contributed by atoms with Crippen molar-refractivity contribution in [1.29, 1.82) is 0 Å². The molecule has 0 unspecified atom stereocenters. The van der Waals surface area contributed by atoms with E-state index in [2.05, 4.69) is 13.8 Å². The lowest BCUT2D eigenvalue weighted by molar-refractivity contribution is -0.143. The van der Waals surface area contributed by atoms with Gasteiger partial charge in [-0.15, -0.1) is 0 Å². The van der Waals surface area contributed by atoms with Crippen LogP contribution in [0.3, 0.4) is 0 Å². The molecule has 2 nitrogen and oxygen atoms in total. The lowest BCUT2D eigenvalue weighted by atomic mass is 9.67. The summed E-state index contributed by atoms with van der Waals surface area (Å²) in [7, 11) is 0. The minimum absolute atomic E-state index is 0.00980. The van der Waals surface area contributed by atoms with E-state index >= 15 is 0 Å². The molecule has 2 rings (SSSR count). The average Bonchev–Trinajstić information content (AvgIpc) is 2.28. The Hall–Kier alpha value is -0.790. The van der Waals surface area contributed by atoms with Gasteiger partial charge in [-0.1, -0.05) is 19.4 Å². The molecule has 0 spiro atoms. The molecular weight excluding hydrogens is 224 g/mol. The van der Waals surface area contributed by atoms with Crippen molar-refractivity contribution in [3.8, 4) is 0 Å². The molecule has 0 aromatic heterocycles. The van der Waals surface area contributed by atoms with Gasteiger partial charge in [0.2, 0.25) is 0 Å². The Bertz CT molecular complexity index is 354. The minimum atomic E-state index is -0.0500. The molecule has 102 valence electrons. The predicted molar refractivity (Wildman–Crippen MR) is 73.2 cm³/mol. The molecule has 0 aromatic carbocycles. The fourth-order valence-electron chi connectivity index (χ4n) is 3.49. The molecule has 0 radical (unpaired) electrons. The normalized spacial score (nSPS) is 32.4. The van der Waals surface area contributed by atoms with Crippen LogP contribution in [0, 0.1) is 17.8 Å². The van der Waals surface area contributed by atoms with Crippen LogP contribution in [0.1, 0.15) is 59.8 Å². The zero-order valence-corrected chi connectivity index (χ0v) is 12.2. The summed E-state index contributed by atoms with van der Waals surface area (Å²) in [6.07, 6.45) is 5.74. The highest BCUT2D eigenvalue weighted by Gasteiger charge is 2.35. The second-order valence-electron chi connectivity index (χ2n) is 6.47. The van der Waals surface area contributed by atoms with Crippen molar-refractivity contribution in [2.75, 3.05) is 0 Å². The molecule has 0 heterocycles. The van der Waals surface area contributed by atoms with Crippen molar-refractivity contribution in [1.82, 2.24) is 0 Å². The standard InChI is InChI=1S/C16H26O2/c1-10(2)18-16(17)14-8-6-12(4)13-7-5-11(3)9-15(13)14/h10-13H,5-9H2,1-4H3/t11-,12+,13-/m1/s1. The summed E-state index contributed by atoms with van der Waals surface area (Å²) in [6.45, 7) is 8.49. The zero-order chi connectivity index (χ0) is 13.3. The van der Waals surface area contributed by atoms with Crippen LogP contribution in [0.5, 0.6) is 0 Å². The van der Waals surface area contributed by atoms with Gasteiger partial charge in [0.25, 0.3) is 0 Å². The van der Waals surface area contributed by atoms with Crippen LogP contribution in [-0.4, -0.2) is 12.1 Å². The lowest BCUT2D eigenvalue weighted by Gasteiger charge is -2.38. The van der Waals surface area contributed by atoms with Crippen molar-refractivity contribution < 1.29 is 9.53 Å². The van der Waals surface area contributed by atoms with Crippen LogP contribution in [0.2, 0.25) is 0 Å². The Morgan fingerprint density at radius 2 is 1.94 bits per heavy atom. The van der Waals surface area contributed by atoms with Gasteiger partial charge < -0.3 is 4.74 Å². The van der Waals surface area contributed by atoms with E-state index in [-0.39, 0.29) is 12.1 Å². The molecule has 2 aliphatic carbocycles. The first-order chi connectivity index (χ1) is 8.49. The van der Waals surface area contributed by atoms with Crippen LogP contribution < -0.4 is 0 Å². The van der Waals surface area contributed by atoms with Crippen molar-refractivity contribution in [3.63, 3.8) is 0 Å². The third-order valence-electron chi connectivity index (χ3n) is 4.50. The summed E-state index contributed by atoms with van der Waals surface area (Å²) in [5, 5.41) is 0. The van der Waals surface area contributed by atoms with Crippen molar-refractivity contribution in [3.05, 3.63) is 11.1 Å². The Kier molecular flexibility index (Phi) is 4.14. The molecule has 3 atom stereocenters. The first-order valence-electron chi connectivity index (χ1n) is 7.42. The average molecular weight is 250 g/mol. The van der Waals surface area contributed by atoms with Crippen LogP contribution in [0.25, 0.3) is 0 Å². The third kappa shape index (κ3) is 2.78. The first-order valence-corrected chi connectivity index (χ1v) is 7.42. The van der Waals surface area contributed by atoms with Gasteiger partial charge in [0, 0.05) is 5.57 Å². The van der Waals surface area contributed by atoms with Gasteiger partial charge in [0.15, 0.2) is 0 Å². The Morgan fingerprint density at radius 1 is 1.22 bits per heavy atom. The van der Waals surface area contributed by atoms with Gasteiger partial charge in [-0.25, -0.2) is 4.79 Å². The summed E-state index contributed by atoms with van der Waals surface area (Å²) in [5.41, 5.74) is 2.44. The number of hydrogen-bond donors (Lipinski definition) is 0. The maximum atomic E-state index is 12.2. The number of fused-ring (bicyclic) bond motifs is 1. The Morgan fingerprint density at radius 3 is 2.61 bits per heavy atom. The number of carbonyl (C=O) groups excluding carboxylic acids is 1. The summed E-state index contributed by atoms with van der Waals surface area (Å²) < 4.78 is 5.41. The molecule has 0 aromatic rings. The molecule has 0 bridgehead atoms. The van der Waals surface area contributed by atoms with E-state index in [0.29, 0.717) is 5.92 Å². The quantitative estimate of drug-likeness (QED) is 0.690. The number of hydrogen-bond acceptors (Lipinski definition) is 2. The smallest absolute Gasteiger partial charge is 0.334 e. The van der Waals surface area contributed by atoms with Crippen LogP contribution in [0.15, 0.2) is 11.1 Å². The van der Waals surface area contributed by atoms with Crippen molar-refractivity contribution >= 4 is 5.97 Å². The second kappa shape index (κ2) is 5.46. The molecule has 1 fully saturated rings. The lowest BCUT2D eigenvalue weighted by Crippen LogP contribution is -2.29. The molecule has 0 saturated heterocycles. The minimum Gasteiger partial charge on any atom is -0.460 e. The van der Waals surface area contributed by atoms with Crippen LogP contribution >= 0.6 is 0 Å². The molecule has 2 aliphatic rings. The van der Waals surface area contributed by atoms with Gasteiger partial charge in [-0.2, -0.15) is 0 Å². The van der Waals surface area contributed by atoms with E-state index in [0.717, 1.165) is 36.7 Å². The Labute approximate surface area is 111 Å². The van der Waals surface area contributed by atoms with Crippen LogP contribution in [-0.2, 0) is 9.53 Å². The molecule has 1 saturated carbocycles. The molecule has 2 heteroatoms. The number of allylic oxidation sites excluding steroid dienone is 1. The number of carbonyl (C=O) groups is 1. The number of ether oxygens (including phenoxy) is 1. The summed E-state index contributed by atoms with van der Waals surface area (Å²) in [5.74, 6) is 2.06. The van der Waals surface area contributed by atoms with Crippen molar-refractivity contribution in [2.24, 2.45) is 17.8 Å². The SMILES string of the molecule is CC(C)OC(=O)C1=C2C[C@H](C)CC[C@@H]2[C@@H](C)CC1. The largest absolute Gasteiger partial charge is 0.460 e. The van der Waals surface area contributed by atoms with Crippen molar-refractivity contribution in [2.45, 2.75) is 65.9 Å². The zero-order valence-electron chi connectivity index (χ0n) is 12.2. The molecule has 0 aliphatic heterocycles. The van der Waals surface area contributed by atoms with Crippen LogP contribution in [0.4, 0.5) is 0 Å². The number of esters is 1. The first kappa shape index (κ1) is 13.6. The monoisotopic (exact) mass is 250 g/mol. The Balaban J connectivity index is 2.24. The molecule has 18 heavy (non-hydrogen) atoms. The van der Waals surface area contributed by atoms with Gasteiger partial charge >= 0.3 is 5.97 Å². The van der Waals surface area contributed by atoms with E-state index in [9.17, 15) is 4.79 Å². The van der Waals surface area contributed by atoms with E-state index in [1.54, 1.807) is 0 Å². The summed E-state index contributed by atoms with van der Waals surface area (Å²) in [4.78, 5) is 12.2. The van der Waals surface area contributed by atoms with E-state index in [1.807, 2.05) is 13.8 Å². The highest BCUT2D eigenvalue weighted by atomic mass is 16.5. The third-order valence-corrected chi connectivity index (χ3v) is 4.50.